The molecule has 10 heteroatoms. The lowest BCUT2D eigenvalue weighted by atomic mass is 9.93. The van der Waals surface area contributed by atoms with Crippen molar-refractivity contribution < 1.29 is 19.7 Å². The third kappa shape index (κ3) is 2.39. The Hall–Kier alpha value is -2.01. The van der Waals surface area contributed by atoms with Gasteiger partial charge in [0.2, 0.25) is 11.8 Å². The topological polar surface area (TPSA) is 155 Å². The van der Waals surface area contributed by atoms with Gasteiger partial charge in [0.05, 0.1) is 25.1 Å². The van der Waals surface area contributed by atoms with Crippen LogP contribution in [0.15, 0.2) is 6.33 Å². The first-order valence-electron chi connectivity index (χ1n) is 7.26. The molecule has 2 aromatic heterocycles. The maximum absolute atomic E-state index is 10.2. The number of nitrogens with two attached hydrogens (primary N) is 2. The highest BCUT2D eigenvalue weighted by Gasteiger charge is 2.51. The van der Waals surface area contributed by atoms with Crippen LogP contribution in [0.1, 0.15) is 20.1 Å². The van der Waals surface area contributed by atoms with Crippen molar-refractivity contribution in [2.24, 2.45) is 5.73 Å². The molecule has 0 aliphatic carbocycles. The normalized spacial score (nSPS) is 30.9. The molecule has 1 aliphatic heterocycles. The maximum atomic E-state index is 10.2. The van der Waals surface area contributed by atoms with Crippen LogP contribution in [0.2, 0.25) is 0 Å². The van der Waals surface area contributed by atoms with E-state index in [9.17, 15) is 10.2 Å². The minimum atomic E-state index is -1.15. The van der Waals surface area contributed by atoms with Crippen molar-refractivity contribution in [3.8, 4) is 5.88 Å². The maximum Gasteiger partial charge on any atom is 0.247 e. The summed E-state index contributed by atoms with van der Waals surface area (Å²) in [5.41, 5.74) is 11.6. The molecule has 126 valence electrons. The van der Waals surface area contributed by atoms with Crippen LogP contribution in [0.3, 0.4) is 0 Å². The second kappa shape index (κ2) is 5.57. The van der Waals surface area contributed by atoms with Crippen molar-refractivity contribution in [2.45, 2.75) is 37.8 Å². The zero-order valence-corrected chi connectivity index (χ0v) is 12.9. The second-order valence-corrected chi connectivity index (χ2v) is 5.66. The zero-order chi connectivity index (χ0) is 16.8. The molecule has 0 radical (unpaired) electrons. The van der Waals surface area contributed by atoms with Gasteiger partial charge in [0.15, 0.2) is 17.4 Å². The molecule has 0 spiro atoms. The summed E-state index contributed by atoms with van der Waals surface area (Å²) >= 11 is 0. The Labute approximate surface area is 132 Å². The number of nitrogen functional groups attached to an aromatic ring is 1. The average Bonchev–Trinajstić information content (AvgIpc) is 3.00. The lowest BCUT2D eigenvalue weighted by Crippen LogP contribution is -2.52. The number of fused-ring (bicyclic) bond motifs is 1. The van der Waals surface area contributed by atoms with E-state index in [1.54, 1.807) is 11.5 Å². The van der Waals surface area contributed by atoms with E-state index in [0.717, 1.165) is 0 Å². The highest BCUT2D eigenvalue weighted by Crippen LogP contribution is 2.38. The number of rotatable bonds is 4. The van der Waals surface area contributed by atoms with E-state index in [0.29, 0.717) is 17.8 Å². The van der Waals surface area contributed by atoms with Gasteiger partial charge in [-0.05, 0) is 13.8 Å². The molecule has 23 heavy (non-hydrogen) atoms. The minimum Gasteiger partial charge on any atom is -0.476 e. The molecular formula is C13H20N6O4. The van der Waals surface area contributed by atoms with Gasteiger partial charge >= 0.3 is 0 Å². The standard InChI is InChI=1S/C13H20N6O4/c1-3-22-10-7-9(17-12(14)18-10)19(5-16-7)11-13(2,15)8(21)6(4-20)23-11/h5-6,8,11,20-21H,3-4,15H2,1-2H3,(H2,14,17,18)/t6-,8?,11-,13-/m1/s1. The Balaban J connectivity index is 2.10. The van der Waals surface area contributed by atoms with Gasteiger partial charge in [-0.1, -0.05) is 0 Å². The number of nitrogens with zero attached hydrogens (tertiary/aromatic N) is 4. The minimum absolute atomic E-state index is 0.0266. The number of anilines is 1. The molecule has 0 amide bonds. The van der Waals surface area contributed by atoms with Crippen LogP contribution in [0.5, 0.6) is 5.88 Å². The van der Waals surface area contributed by atoms with Gasteiger partial charge in [-0.15, -0.1) is 0 Å². The first-order valence-corrected chi connectivity index (χ1v) is 7.26. The summed E-state index contributed by atoms with van der Waals surface area (Å²) in [6.45, 7) is 3.51. The molecule has 0 bridgehead atoms. The van der Waals surface area contributed by atoms with E-state index in [1.165, 1.54) is 6.33 Å². The van der Waals surface area contributed by atoms with Crippen LogP contribution in [0.4, 0.5) is 5.95 Å². The van der Waals surface area contributed by atoms with Crippen LogP contribution in [0, 0.1) is 0 Å². The summed E-state index contributed by atoms with van der Waals surface area (Å²) in [6.07, 6.45) is -1.13. The molecule has 1 aliphatic rings. The SMILES string of the molecule is CCOc1nc(N)nc2c1ncn2[C@@H]1O[C@H](CO)C(O)[C@@]1(C)N. The number of hydrogen-bond acceptors (Lipinski definition) is 9. The summed E-state index contributed by atoms with van der Waals surface area (Å²) in [4.78, 5) is 12.4. The van der Waals surface area contributed by atoms with E-state index in [4.69, 9.17) is 20.9 Å². The third-order valence-electron chi connectivity index (χ3n) is 3.95. The van der Waals surface area contributed by atoms with E-state index in [2.05, 4.69) is 15.0 Å². The van der Waals surface area contributed by atoms with Crippen molar-refractivity contribution >= 4 is 17.1 Å². The van der Waals surface area contributed by atoms with Gasteiger partial charge < -0.3 is 31.2 Å². The molecule has 2 aromatic rings. The molecular weight excluding hydrogens is 304 g/mol. The fourth-order valence-corrected chi connectivity index (χ4v) is 2.76. The fourth-order valence-electron chi connectivity index (χ4n) is 2.76. The summed E-state index contributed by atoms with van der Waals surface area (Å²) in [5.74, 6) is 0.295. The van der Waals surface area contributed by atoms with Gasteiger partial charge in [0, 0.05) is 0 Å². The highest BCUT2D eigenvalue weighted by atomic mass is 16.5. The van der Waals surface area contributed by atoms with Crippen LogP contribution >= 0.6 is 0 Å². The highest BCUT2D eigenvalue weighted by molar-refractivity contribution is 5.77. The Bertz CT molecular complexity index is 718. The average molecular weight is 324 g/mol. The largest absolute Gasteiger partial charge is 0.476 e. The fraction of sp³-hybridized carbons (Fsp3) is 0.615. The van der Waals surface area contributed by atoms with Crippen molar-refractivity contribution in [1.29, 1.82) is 0 Å². The lowest BCUT2D eigenvalue weighted by Gasteiger charge is -2.28. The predicted octanol–water partition coefficient (Wildman–Crippen LogP) is -1.22. The Kier molecular flexibility index (Phi) is 3.84. The van der Waals surface area contributed by atoms with Crippen molar-refractivity contribution in [3.05, 3.63) is 6.33 Å². The molecule has 1 unspecified atom stereocenters. The van der Waals surface area contributed by atoms with E-state index in [1.807, 2.05) is 6.92 Å². The molecule has 4 atom stereocenters. The molecule has 10 nitrogen and oxygen atoms in total. The molecule has 1 fully saturated rings. The Morgan fingerprint density at radius 2 is 2.22 bits per heavy atom. The number of aliphatic hydroxyl groups is 2. The number of ether oxygens (including phenoxy) is 2. The molecule has 6 N–H and O–H groups in total. The van der Waals surface area contributed by atoms with Gasteiger partial charge in [0.25, 0.3) is 0 Å². The molecule has 0 aromatic carbocycles. The second-order valence-electron chi connectivity index (χ2n) is 5.66. The lowest BCUT2D eigenvalue weighted by molar-refractivity contribution is -0.0455. The van der Waals surface area contributed by atoms with Crippen LogP contribution in [-0.2, 0) is 4.74 Å². The molecule has 0 saturated carbocycles. The molecule has 1 saturated heterocycles. The summed E-state index contributed by atoms with van der Waals surface area (Å²) in [5, 5.41) is 19.5. The predicted molar refractivity (Wildman–Crippen MR) is 80.5 cm³/mol. The monoisotopic (exact) mass is 324 g/mol. The Morgan fingerprint density at radius 3 is 2.83 bits per heavy atom. The number of imidazole rings is 1. The van der Waals surface area contributed by atoms with Crippen molar-refractivity contribution in [2.75, 3.05) is 18.9 Å². The van der Waals surface area contributed by atoms with E-state index < -0.39 is 24.0 Å². The van der Waals surface area contributed by atoms with Gasteiger partial charge in [0.1, 0.15) is 12.2 Å². The van der Waals surface area contributed by atoms with Crippen LogP contribution < -0.4 is 16.2 Å². The first kappa shape index (κ1) is 15.9. The van der Waals surface area contributed by atoms with Crippen molar-refractivity contribution in [3.63, 3.8) is 0 Å². The number of hydrogen-bond donors (Lipinski definition) is 4. The number of aliphatic hydroxyl groups excluding tert-OH is 2. The zero-order valence-electron chi connectivity index (χ0n) is 12.9. The first-order chi connectivity index (χ1) is 10.9. The molecule has 3 rings (SSSR count). The Morgan fingerprint density at radius 1 is 1.48 bits per heavy atom. The molecule has 3 heterocycles. The van der Waals surface area contributed by atoms with E-state index >= 15 is 0 Å². The van der Waals surface area contributed by atoms with E-state index in [-0.39, 0.29) is 18.4 Å². The number of aromatic nitrogens is 4. The summed E-state index contributed by atoms with van der Waals surface area (Å²) in [6, 6.07) is 0. The summed E-state index contributed by atoms with van der Waals surface area (Å²) in [7, 11) is 0. The van der Waals surface area contributed by atoms with Gasteiger partial charge in [-0.25, -0.2) is 4.98 Å². The third-order valence-corrected chi connectivity index (χ3v) is 3.95. The van der Waals surface area contributed by atoms with Gasteiger partial charge in [-0.3, -0.25) is 4.57 Å². The van der Waals surface area contributed by atoms with Crippen molar-refractivity contribution in [1.82, 2.24) is 19.5 Å². The summed E-state index contributed by atoms with van der Waals surface area (Å²) < 4.78 is 12.7. The van der Waals surface area contributed by atoms with Crippen LogP contribution in [-0.4, -0.2) is 60.7 Å². The quantitative estimate of drug-likeness (QED) is 0.541. The van der Waals surface area contributed by atoms with Gasteiger partial charge in [-0.2, -0.15) is 9.97 Å². The smallest absolute Gasteiger partial charge is 0.247 e. The van der Waals surface area contributed by atoms with Crippen LogP contribution in [0.25, 0.3) is 11.2 Å².